The summed E-state index contributed by atoms with van der Waals surface area (Å²) in [6.45, 7) is 2.20. The summed E-state index contributed by atoms with van der Waals surface area (Å²) in [5, 5.41) is 15.4. The average molecular weight is 326 g/mol. The van der Waals surface area contributed by atoms with Gasteiger partial charge < -0.3 is 19.6 Å². The van der Waals surface area contributed by atoms with E-state index in [1.165, 1.54) is 6.26 Å². The van der Waals surface area contributed by atoms with Crippen LogP contribution in [-0.2, 0) is 4.74 Å². The molecule has 124 valence electrons. The molecule has 24 heavy (non-hydrogen) atoms. The van der Waals surface area contributed by atoms with Gasteiger partial charge >= 0.3 is 5.97 Å². The molecule has 2 N–H and O–H groups in total. The number of anilines is 1. The smallest absolute Gasteiger partial charge is 0.360 e. The molecule has 1 heterocycles. The Labute approximate surface area is 139 Å². The third-order valence-corrected chi connectivity index (χ3v) is 3.59. The van der Waals surface area contributed by atoms with Gasteiger partial charge in [-0.2, -0.15) is 4.98 Å². The minimum absolute atomic E-state index is 0.0968. The molecule has 0 saturated heterocycles. The Bertz CT molecular complexity index is 844. The number of rotatable bonds is 6. The maximum absolute atomic E-state index is 11.5. The van der Waals surface area contributed by atoms with E-state index < -0.39 is 12.1 Å². The van der Waals surface area contributed by atoms with Crippen molar-refractivity contribution in [3.8, 4) is 0 Å². The summed E-state index contributed by atoms with van der Waals surface area (Å²) in [5.41, 5.74) is 0.887. The Kier molecular flexibility index (Phi) is 4.77. The van der Waals surface area contributed by atoms with E-state index in [1.807, 2.05) is 42.5 Å². The zero-order chi connectivity index (χ0) is 16.9. The summed E-state index contributed by atoms with van der Waals surface area (Å²) in [6.07, 6.45) is 0.496. The zero-order valence-electron chi connectivity index (χ0n) is 13.2. The van der Waals surface area contributed by atoms with Crippen LogP contribution < -0.4 is 5.32 Å². The quantitative estimate of drug-likeness (QED) is 0.677. The van der Waals surface area contributed by atoms with Crippen LogP contribution in [0.5, 0.6) is 0 Å². The van der Waals surface area contributed by atoms with Gasteiger partial charge in [-0.15, -0.1) is 0 Å². The summed E-state index contributed by atoms with van der Waals surface area (Å²) in [5.74, 6) is -0.538. The highest BCUT2D eigenvalue weighted by Gasteiger charge is 2.14. The molecule has 0 amide bonds. The first kappa shape index (κ1) is 16.0. The molecular weight excluding hydrogens is 308 g/mol. The predicted octanol–water partition coefficient (Wildman–Crippen LogP) is 3.15. The number of nitrogens with zero attached hydrogens (tertiary/aromatic N) is 1. The largest absolute Gasteiger partial charge is 0.461 e. The maximum Gasteiger partial charge on any atom is 0.360 e. The summed E-state index contributed by atoms with van der Waals surface area (Å²) in [4.78, 5) is 15.5. The molecule has 0 fully saturated rings. The van der Waals surface area contributed by atoms with E-state index in [-0.39, 0.29) is 24.9 Å². The number of fused-ring (bicyclic) bond motifs is 1. The standard InChI is InChI=1S/C18H18N2O4/c1-2-23-17(22)15-11-24-18(20-15)19-10-16(21)14-8-7-12-5-3-4-6-13(12)9-14/h3-9,11,16,21H,2,10H2,1H3,(H,19,20). The van der Waals surface area contributed by atoms with Crippen LogP contribution in [0.15, 0.2) is 53.1 Å². The molecule has 1 atom stereocenters. The molecule has 6 heteroatoms. The molecule has 0 spiro atoms. The van der Waals surface area contributed by atoms with Crippen molar-refractivity contribution in [2.24, 2.45) is 0 Å². The zero-order valence-corrected chi connectivity index (χ0v) is 13.2. The van der Waals surface area contributed by atoms with E-state index in [0.717, 1.165) is 16.3 Å². The van der Waals surface area contributed by atoms with E-state index in [1.54, 1.807) is 6.92 Å². The van der Waals surface area contributed by atoms with Crippen LogP contribution >= 0.6 is 0 Å². The van der Waals surface area contributed by atoms with Crippen molar-refractivity contribution >= 4 is 22.8 Å². The number of aliphatic hydroxyl groups is 1. The lowest BCUT2D eigenvalue weighted by molar-refractivity contribution is 0.0519. The summed E-state index contributed by atoms with van der Waals surface area (Å²) < 4.78 is 9.99. The van der Waals surface area contributed by atoms with Gasteiger partial charge in [0.1, 0.15) is 6.26 Å². The van der Waals surface area contributed by atoms with Crippen LogP contribution in [-0.4, -0.2) is 29.2 Å². The Hall–Kier alpha value is -2.86. The van der Waals surface area contributed by atoms with Gasteiger partial charge in [-0.3, -0.25) is 0 Å². The number of esters is 1. The monoisotopic (exact) mass is 326 g/mol. The molecule has 6 nitrogen and oxygen atoms in total. The number of ether oxygens (including phenoxy) is 1. The Morgan fingerprint density at radius 1 is 1.29 bits per heavy atom. The van der Waals surface area contributed by atoms with Crippen LogP contribution in [0, 0.1) is 0 Å². The number of aliphatic hydroxyl groups excluding tert-OH is 1. The number of hydrogen-bond acceptors (Lipinski definition) is 6. The summed E-state index contributed by atoms with van der Waals surface area (Å²) in [6, 6.07) is 13.9. The van der Waals surface area contributed by atoms with E-state index in [4.69, 9.17) is 9.15 Å². The second-order valence-electron chi connectivity index (χ2n) is 5.26. The number of hydrogen-bond donors (Lipinski definition) is 2. The molecule has 0 radical (unpaired) electrons. The molecule has 3 aromatic rings. The van der Waals surface area contributed by atoms with Crippen molar-refractivity contribution in [3.63, 3.8) is 0 Å². The molecule has 2 aromatic carbocycles. The first-order valence-corrected chi connectivity index (χ1v) is 7.70. The molecule has 1 aromatic heterocycles. The lowest BCUT2D eigenvalue weighted by Gasteiger charge is -2.12. The van der Waals surface area contributed by atoms with Crippen LogP contribution in [0.3, 0.4) is 0 Å². The normalized spacial score (nSPS) is 12.1. The second kappa shape index (κ2) is 7.14. The summed E-state index contributed by atoms with van der Waals surface area (Å²) in [7, 11) is 0. The van der Waals surface area contributed by atoms with Gasteiger partial charge in [0.2, 0.25) is 0 Å². The second-order valence-corrected chi connectivity index (χ2v) is 5.26. The van der Waals surface area contributed by atoms with Crippen molar-refractivity contribution in [2.75, 3.05) is 18.5 Å². The Balaban J connectivity index is 1.64. The van der Waals surface area contributed by atoms with Crippen molar-refractivity contribution in [1.82, 2.24) is 4.98 Å². The molecule has 0 aliphatic rings. The molecule has 0 aliphatic carbocycles. The van der Waals surface area contributed by atoms with Gasteiger partial charge in [0, 0.05) is 6.54 Å². The lowest BCUT2D eigenvalue weighted by Crippen LogP contribution is -2.12. The van der Waals surface area contributed by atoms with E-state index in [2.05, 4.69) is 10.3 Å². The topological polar surface area (TPSA) is 84.6 Å². The molecule has 1 unspecified atom stereocenters. The number of carbonyl (C=O) groups is 1. The molecule has 0 bridgehead atoms. The van der Waals surface area contributed by atoms with Crippen molar-refractivity contribution < 1.29 is 19.1 Å². The highest BCUT2D eigenvalue weighted by Crippen LogP contribution is 2.21. The van der Waals surface area contributed by atoms with Gasteiger partial charge in [-0.25, -0.2) is 4.79 Å². The van der Waals surface area contributed by atoms with Gasteiger partial charge in [0.25, 0.3) is 6.01 Å². The highest BCUT2D eigenvalue weighted by atomic mass is 16.5. The van der Waals surface area contributed by atoms with E-state index in [0.29, 0.717) is 0 Å². The van der Waals surface area contributed by atoms with Crippen molar-refractivity contribution in [3.05, 3.63) is 60.0 Å². The number of nitrogens with one attached hydrogen (secondary N) is 1. The van der Waals surface area contributed by atoms with Crippen LogP contribution in [0.4, 0.5) is 6.01 Å². The first-order chi connectivity index (χ1) is 11.7. The predicted molar refractivity (Wildman–Crippen MR) is 89.9 cm³/mol. The third-order valence-electron chi connectivity index (χ3n) is 3.59. The van der Waals surface area contributed by atoms with Crippen LogP contribution in [0.1, 0.15) is 29.1 Å². The molecule has 3 rings (SSSR count). The van der Waals surface area contributed by atoms with Crippen molar-refractivity contribution in [2.45, 2.75) is 13.0 Å². The van der Waals surface area contributed by atoms with Gasteiger partial charge in [0.15, 0.2) is 5.69 Å². The summed E-state index contributed by atoms with van der Waals surface area (Å²) >= 11 is 0. The first-order valence-electron chi connectivity index (χ1n) is 7.70. The number of aromatic nitrogens is 1. The van der Waals surface area contributed by atoms with Crippen LogP contribution in [0.25, 0.3) is 10.8 Å². The van der Waals surface area contributed by atoms with Crippen LogP contribution in [0.2, 0.25) is 0 Å². The maximum atomic E-state index is 11.5. The number of benzene rings is 2. The van der Waals surface area contributed by atoms with Gasteiger partial charge in [-0.05, 0) is 29.3 Å². The van der Waals surface area contributed by atoms with E-state index >= 15 is 0 Å². The molecular formula is C18H18N2O4. The van der Waals surface area contributed by atoms with Crippen molar-refractivity contribution in [1.29, 1.82) is 0 Å². The molecule has 0 aliphatic heterocycles. The Morgan fingerprint density at radius 2 is 2.08 bits per heavy atom. The fourth-order valence-corrected chi connectivity index (χ4v) is 2.37. The third kappa shape index (κ3) is 3.55. The van der Waals surface area contributed by atoms with E-state index in [9.17, 15) is 9.90 Å². The minimum Gasteiger partial charge on any atom is -0.461 e. The number of oxazole rings is 1. The number of carbonyl (C=O) groups excluding carboxylic acids is 1. The molecule has 0 saturated carbocycles. The fourth-order valence-electron chi connectivity index (χ4n) is 2.37. The SMILES string of the molecule is CCOC(=O)c1coc(NCC(O)c2ccc3ccccc3c2)n1. The minimum atomic E-state index is -0.729. The fraction of sp³-hybridized carbons (Fsp3) is 0.222. The Morgan fingerprint density at radius 3 is 2.88 bits per heavy atom. The average Bonchev–Trinajstić information content (AvgIpc) is 3.08. The lowest BCUT2D eigenvalue weighted by atomic mass is 10.0. The highest BCUT2D eigenvalue weighted by molar-refractivity contribution is 5.87. The van der Waals surface area contributed by atoms with Gasteiger partial charge in [-0.1, -0.05) is 36.4 Å². The van der Waals surface area contributed by atoms with Gasteiger partial charge in [0.05, 0.1) is 12.7 Å².